The van der Waals surface area contributed by atoms with Gasteiger partial charge in [-0.05, 0) is 25.1 Å². The fraction of sp³-hybridized carbons (Fsp3) is 0.520. The second kappa shape index (κ2) is 12.1. The van der Waals surface area contributed by atoms with E-state index in [0.29, 0.717) is 22.2 Å². The number of β-lactam (4-membered cyclic amide) rings is 1. The molecule has 1 fully saturated rings. The molecule has 0 saturated carbocycles. The molecule has 0 unspecified atom stereocenters. The fourth-order valence-corrected chi connectivity index (χ4v) is 7.01. The minimum atomic E-state index is -2.06. The SMILES string of the molecule is C=CCOC(=O)NCc1nc(C)c(C2=C(OC(=O)OCC=C)N3C(=O)[C@H](CO[Si](C)(C)C(C)(C)C)[C@H]3S2)s1. The van der Waals surface area contributed by atoms with Crippen LogP contribution in [0.2, 0.25) is 18.1 Å². The molecule has 2 amide bonds. The van der Waals surface area contributed by atoms with Gasteiger partial charge < -0.3 is 24.0 Å². The van der Waals surface area contributed by atoms with Crippen LogP contribution in [0.15, 0.2) is 31.2 Å². The third-order valence-electron chi connectivity index (χ3n) is 6.50. The van der Waals surface area contributed by atoms with Gasteiger partial charge in [-0.2, -0.15) is 0 Å². The zero-order chi connectivity index (χ0) is 28.3. The van der Waals surface area contributed by atoms with Gasteiger partial charge in [0.1, 0.15) is 23.6 Å². The molecular formula is C25H35N3O7S2Si. The number of carbonyl (C=O) groups excluding carboxylic acids is 3. The summed E-state index contributed by atoms with van der Waals surface area (Å²) in [5.41, 5.74) is 0.679. The van der Waals surface area contributed by atoms with Crippen LogP contribution >= 0.6 is 23.1 Å². The Balaban J connectivity index is 1.82. The lowest BCUT2D eigenvalue weighted by molar-refractivity contribution is -0.151. The highest BCUT2D eigenvalue weighted by atomic mass is 32.2. The van der Waals surface area contributed by atoms with Crippen molar-refractivity contribution in [3.8, 4) is 0 Å². The maximum atomic E-state index is 13.2. The first-order valence-corrected chi connectivity index (χ1v) is 16.7. The molecule has 13 heteroatoms. The van der Waals surface area contributed by atoms with E-state index in [0.717, 1.165) is 4.88 Å². The molecule has 38 heavy (non-hydrogen) atoms. The van der Waals surface area contributed by atoms with Gasteiger partial charge in [0, 0.05) is 6.61 Å². The molecule has 2 aliphatic heterocycles. The topological polar surface area (TPSA) is 116 Å². The molecule has 2 aliphatic rings. The Morgan fingerprint density at radius 1 is 1.18 bits per heavy atom. The van der Waals surface area contributed by atoms with E-state index in [-0.39, 0.29) is 47.9 Å². The van der Waals surface area contributed by atoms with Crippen molar-refractivity contribution in [3.63, 3.8) is 0 Å². The molecule has 1 saturated heterocycles. The molecule has 1 aromatic rings. The highest BCUT2D eigenvalue weighted by Crippen LogP contribution is 2.55. The van der Waals surface area contributed by atoms with Crippen molar-refractivity contribution in [3.05, 3.63) is 46.8 Å². The van der Waals surface area contributed by atoms with Crippen molar-refractivity contribution in [2.45, 2.75) is 57.7 Å². The number of ether oxygens (including phenoxy) is 3. The molecule has 3 rings (SSSR count). The van der Waals surface area contributed by atoms with Crippen LogP contribution in [0.3, 0.4) is 0 Å². The summed E-state index contributed by atoms with van der Waals surface area (Å²) in [5, 5.41) is 3.01. The number of aryl methyl sites for hydroxylation is 1. The summed E-state index contributed by atoms with van der Waals surface area (Å²) in [6.07, 6.45) is 1.40. The summed E-state index contributed by atoms with van der Waals surface area (Å²) in [6.45, 7) is 20.1. The average Bonchev–Trinajstić information content (AvgIpc) is 3.36. The molecule has 208 valence electrons. The van der Waals surface area contributed by atoms with Gasteiger partial charge in [0.15, 0.2) is 8.32 Å². The van der Waals surface area contributed by atoms with E-state index in [1.165, 1.54) is 40.2 Å². The van der Waals surface area contributed by atoms with Crippen LogP contribution in [0.1, 0.15) is 36.3 Å². The van der Waals surface area contributed by atoms with Gasteiger partial charge in [-0.25, -0.2) is 14.6 Å². The lowest BCUT2D eigenvalue weighted by Gasteiger charge is -2.44. The number of hydrogen-bond acceptors (Lipinski definition) is 10. The number of nitrogens with one attached hydrogen (secondary N) is 1. The smallest absolute Gasteiger partial charge is 0.445 e. The normalized spacial score (nSPS) is 19.0. The second-order valence-electron chi connectivity index (χ2n) is 10.2. The van der Waals surface area contributed by atoms with E-state index in [1.54, 1.807) is 0 Å². The molecule has 1 N–H and O–H groups in total. The number of nitrogens with zero attached hydrogens (tertiary/aromatic N) is 2. The largest absolute Gasteiger partial charge is 0.515 e. The number of alkyl carbamates (subject to hydrolysis) is 1. The number of carbonyl (C=O) groups is 3. The monoisotopic (exact) mass is 581 g/mol. The van der Waals surface area contributed by atoms with Crippen molar-refractivity contribution in [1.29, 1.82) is 0 Å². The van der Waals surface area contributed by atoms with Crippen LogP contribution in [0.25, 0.3) is 4.91 Å². The van der Waals surface area contributed by atoms with Crippen LogP contribution in [0.5, 0.6) is 0 Å². The van der Waals surface area contributed by atoms with E-state index in [1.807, 2.05) is 6.92 Å². The molecule has 0 bridgehead atoms. The summed E-state index contributed by atoms with van der Waals surface area (Å²) >= 11 is 2.77. The highest BCUT2D eigenvalue weighted by molar-refractivity contribution is 8.09. The van der Waals surface area contributed by atoms with Crippen LogP contribution < -0.4 is 5.32 Å². The molecular weight excluding hydrogens is 547 g/mol. The summed E-state index contributed by atoms with van der Waals surface area (Å²) in [4.78, 5) is 44.8. The highest BCUT2D eigenvalue weighted by Gasteiger charge is 2.57. The molecule has 3 heterocycles. The van der Waals surface area contributed by atoms with Crippen LogP contribution in [0.4, 0.5) is 9.59 Å². The van der Waals surface area contributed by atoms with Gasteiger partial charge in [0.2, 0.25) is 11.8 Å². The number of hydrogen-bond donors (Lipinski definition) is 1. The number of thiazole rings is 1. The van der Waals surface area contributed by atoms with E-state index in [4.69, 9.17) is 18.6 Å². The Bertz CT molecular complexity index is 1140. The maximum Gasteiger partial charge on any atom is 0.515 e. The van der Waals surface area contributed by atoms with Gasteiger partial charge in [-0.15, -0.1) is 11.3 Å². The van der Waals surface area contributed by atoms with E-state index in [9.17, 15) is 14.4 Å². The number of amides is 2. The predicted octanol–water partition coefficient (Wildman–Crippen LogP) is 5.38. The van der Waals surface area contributed by atoms with Gasteiger partial charge >= 0.3 is 12.2 Å². The molecule has 0 spiro atoms. The first-order chi connectivity index (χ1) is 17.8. The molecule has 0 aliphatic carbocycles. The van der Waals surface area contributed by atoms with Crippen molar-refractivity contribution < 1.29 is 33.0 Å². The summed E-state index contributed by atoms with van der Waals surface area (Å²) in [6, 6.07) is 0. The fourth-order valence-electron chi connectivity index (χ4n) is 3.38. The third kappa shape index (κ3) is 6.50. The van der Waals surface area contributed by atoms with Crippen LogP contribution in [-0.4, -0.2) is 61.6 Å². The van der Waals surface area contributed by atoms with Crippen LogP contribution in [-0.2, 0) is 30.0 Å². The quantitative estimate of drug-likeness (QED) is 0.159. The summed E-state index contributed by atoms with van der Waals surface area (Å²) in [5.74, 6) is -0.417. The minimum Gasteiger partial charge on any atom is -0.445 e. The zero-order valence-electron chi connectivity index (χ0n) is 22.6. The summed E-state index contributed by atoms with van der Waals surface area (Å²) < 4.78 is 21.8. The Morgan fingerprint density at radius 3 is 2.47 bits per heavy atom. The standard InChI is InChI=1S/C25H35N3O7S2Si/c1-9-11-32-23(30)26-13-17-27-15(3)18(36-17)19-21(35-24(31)33-12-10-2)28-20(29)16(22(28)37-19)14-34-38(7,8)25(4,5)6/h9-10,16,22H,1-2,11-14H2,3-8H3,(H,26,30)/t16-,22+/m0/s1. The second-order valence-corrected chi connectivity index (χ2v) is 17.3. The number of thioether (sulfide) groups is 1. The van der Waals surface area contributed by atoms with Gasteiger partial charge in [0.05, 0.1) is 27.9 Å². The number of aromatic nitrogens is 1. The van der Waals surface area contributed by atoms with Crippen LogP contribution in [0, 0.1) is 12.8 Å². The molecule has 2 atom stereocenters. The van der Waals surface area contributed by atoms with Crippen molar-refractivity contribution >= 4 is 54.5 Å². The average molecular weight is 582 g/mol. The minimum absolute atomic E-state index is 0.0111. The van der Waals surface area contributed by atoms with Gasteiger partial charge in [-0.1, -0.05) is 57.8 Å². The van der Waals surface area contributed by atoms with Crippen molar-refractivity contribution in [2.75, 3.05) is 19.8 Å². The Kier molecular flexibility index (Phi) is 9.50. The third-order valence-corrected chi connectivity index (χ3v) is 13.7. The Hall–Kier alpha value is -2.61. The lowest BCUT2D eigenvalue weighted by Crippen LogP contribution is -2.59. The molecule has 1 aromatic heterocycles. The first kappa shape index (κ1) is 29.9. The van der Waals surface area contributed by atoms with Crippen molar-refractivity contribution in [2.24, 2.45) is 5.92 Å². The summed E-state index contributed by atoms with van der Waals surface area (Å²) in [7, 11) is -2.06. The predicted molar refractivity (Wildman–Crippen MR) is 150 cm³/mol. The maximum absolute atomic E-state index is 13.2. The molecule has 0 radical (unpaired) electrons. The van der Waals surface area contributed by atoms with Crippen molar-refractivity contribution in [1.82, 2.24) is 15.2 Å². The van der Waals surface area contributed by atoms with Gasteiger partial charge in [-0.3, -0.25) is 9.69 Å². The number of rotatable bonds is 11. The molecule has 0 aromatic carbocycles. The van der Waals surface area contributed by atoms with E-state index >= 15 is 0 Å². The lowest BCUT2D eigenvalue weighted by atomic mass is 10.00. The molecule has 10 nitrogen and oxygen atoms in total. The van der Waals surface area contributed by atoms with E-state index in [2.05, 4.69) is 57.3 Å². The van der Waals surface area contributed by atoms with Gasteiger partial charge in [0.25, 0.3) is 0 Å². The first-order valence-electron chi connectivity index (χ1n) is 12.1. The zero-order valence-corrected chi connectivity index (χ0v) is 25.3. The van der Waals surface area contributed by atoms with E-state index < -0.39 is 20.6 Å². The number of fused-ring (bicyclic) bond motifs is 1. The Morgan fingerprint density at radius 2 is 1.84 bits per heavy atom. The Labute approximate surface area is 232 Å².